The summed E-state index contributed by atoms with van der Waals surface area (Å²) >= 11 is 0. The van der Waals surface area contributed by atoms with Gasteiger partial charge in [0.1, 0.15) is 0 Å². The van der Waals surface area contributed by atoms with E-state index >= 15 is 0 Å². The fourth-order valence-electron chi connectivity index (χ4n) is 3.18. The Morgan fingerprint density at radius 1 is 0.812 bits per heavy atom. The molecule has 0 bridgehead atoms. The third kappa shape index (κ3) is 2.73. The molecule has 2 fully saturated rings. The standard InChI is InChI=1S/C13H23F2N/c14-13(15,12-8-5-9-16-10-12)11-6-3-1-2-4-7-11/h11-12,16H,1-10H2. The van der Waals surface area contributed by atoms with Crippen LogP contribution in [-0.4, -0.2) is 19.0 Å². The van der Waals surface area contributed by atoms with Crippen LogP contribution >= 0.6 is 0 Å². The number of rotatable bonds is 2. The molecular formula is C13H23F2N. The van der Waals surface area contributed by atoms with Crippen molar-refractivity contribution in [1.29, 1.82) is 0 Å². The zero-order chi connectivity index (χ0) is 11.4. The quantitative estimate of drug-likeness (QED) is 0.716. The second kappa shape index (κ2) is 5.44. The van der Waals surface area contributed by atoms with Gasteiger partial charge in [0.2, 0.25) is 0 Å². The molecule has 0 amide bonds. The minimum Gasteiger partial charge on any atom is -0.316 e. The van der Waals surface area contributed by atoms with Crippen molar-refractivity contribution in [2.45, 2.75) is 57.3 Å². The van der Waals surface area contributed by atoms with E-state index in [1.165, 1.54) is 0 Å². The van der Waals surface area contributed by atoms with Gasteiger partial charge in [0.25, 0.3) is 5.92 Å². The van der Waals surface area contributed by atoms with Crippen LogP contribution in [0.4, 0.5) is 8.78 Å². The highest BCUT2D eigenvalue weighted by molar-refractivity contribution is 4.88. The Balaban J connectivity index is 1.97. The second-order valence-electron chi connectivity index (χ2n) is 5.41. The zero-order valence-electron chi connectivity index (χ0n) is 9.98. The van der Waals surface area contributed by atoms with Gasteiger partial charge in [0, 0.05) is 18.4 Å². The van der Waals surface area contributed by atoms with Crippen LogP contribution in [0.5, 0.6) is 0 Å². The Labute approximate surface area is 97.0 Å². The smallest absolute Gasteiger partial charge is 0.254 e. The van der Waals surface area contributed by atoms with Crippen LogP contribution in [0.1, 0.15) is 51.4 Å². The molecule has 0 radical (unpaired) electrons. The monoisotopic (exact) mass is 231 g/mol. The van der Waals surface area contributed by atoms with Crippen molar-refractivity contribution in [3.63, 3.8) is 0 Å². The first-order chi connectivity index (χ1) is 7.71. The number of piperidine rings is 1. The fraction of sp³-hybridized carbons (Fsp3) is 1.00. The molecule has 2 rings (SSSR count). The normalized spacial score (nSPS) is 30.0. The number of alkyl halides is 2. The highest BCUT2D eigenvalue weighted by atomic mass is 19.3. The van der Waals surface area contributed by atoms with Crippen molar-refractivity contribution in [1.82, 2.24) is 5.32 Å². The fourth-order valence-corrected chi connectivity index (χ4v) is 3.18. The maximum atomic E-state index is 14.3. The van der Waals surface area contributed by atoms with Gasteiger partial charge in [0.15, 0.2) is 0 Å². The Hall–Kier alpha value is -0.180. The minimum atomic E-state index is -2.43. The van der Waals surface area contributed by atoms with Crippen molar-refractivity contribution in [3.05, 3.63) is 0 Å². The van der Waals surface area contributed by atoms with Crippen molar-refractivity contribution >= 4 is 0 Å². The third-order valence-electron chi connectivity index (χ3n) is 4.24. The molecule has 2 aliphatic rings. The lowest BCUT2D eigenvalue weighted by atomic mass is 9.81. The summed E-state index contributed by atoms with van der Waals surface area (Å²) in [4.78, 5) is 0. The largest absolute Gasteiger partial charge is 0.316 e. The lowest BCUT2D eigenvalue weighted by Gasteiger charge is -2.35. The van der Waals surface area contributed by atoms with Gasteiger partial charge in [-0.2, -0.15) is 0 Å². The Morgan fingerprint density at radius 3 is 2.00 bits per heavy atom. The van der Waals surface area contributed by atoms with Gasteiger partial charge < -0.3 is 5.32 Å². The predicted octanol–water partition coefficient (Wildman–Crippen LogP) is 3.59. The molecule has 1 N–H and O–H groups in total. The molecule has 1 unspecified atom stereocenters. The lowest BCUT2D eigenvalue weighted by Crippen LogP contribution is -2.45. The molecular weight excluding hydrogens is 208 g/mol. The van der Waals surface area contributed by atoms with E-state index < -0.39 is 11.8 Å². The molecule has 1 nitrogen and oxygen atoms in total. The van der Waals surface area contributed by atoms with E-state index in [1.54, 1.807) is 0 Å². The lowest BCUT2D eigenvalue weighted by molar-refractivity contribution is -0.118. The summed E-state index contributed by atoms with van der Waals surface area (Å²) in [7, 11) is 0. The molecule has 1 heterocycles. The highest BCUT2D eigenvalue weighted by Crippen LogP contribution is 2.42. The van der Waals surface area contributed by atoms with Crippen molar-refractivity contribution in [3.8, 4) is 0 Å². The molecule has 1 aliphatic heterocycles. The average Bonchev–Trinajstić information content (AvgIpc) is 2.59. The van der Waals surface area contributed by atoms with Crippen molar-refractivity contribution < 1.29 is 8.78 Å². The molecule has 94 valence electrons. The van der Waals surface area contributed by atoms with E-state index in [1.807, 2.05) is 0 Å². The van der Waals surface area contributed by atoms with Crippen LogP contribution < -0.4 is 5.32 Å². The summed E-state index contributed by atoms with van der Waals surface area (Å²) in [5.74, 6) is -3.19. The molecule has 0 aromatic carbocycles. The summed E-state index contributed by atoms with van der Waals surface area (Å²) in [6.07, 6.45) is 7.39. The molecule has 0 aromatic rings. The zero-order valence-corrected chi connectivity index (χ0v) is 9.98. The van der Waals surface area contributed by atoms with Crippen LogP contribution in [0.3, 0.4) is 0 Å². The van der Waals surface area contributed by atoms with E-state index in [2.05, 4.69) is 5.32 Å². The molecule has 0 aromatic heterocycles. The summed E-state index contributed by atoms with van der Waals surface area (Å²) < 4.78 is 28.7. The SMILES string of the molecule is FC(F)(C1CCCCCC1)C1CCCNC1. The number of nitrogens with one attached hydrogen (secondary N) is 1. The molecule has 3 heteroatoms. The molecule has 1 atom stereocenters. The van der Waals surface area contributed by atoms with E-state index in [9.17, 15) is 8.78 Å². The topological polar surface area (TPSA) is 12.0 Å². The number of hydrogen-bond donors (Lipinski definition) is 1. The number of hydrogen-bond acceptors (Lipinski definition) is 1. The number of halogens is 2. The van der Waals surface area contributed by atoms with Gasteiger partial charge in [-0.15, -0.1) is 0 Å². The van der Waals surface area contributed by atoms with Crippen LogP contribution in [0, 0.1) is 11.8 Å². The molecule has 1 saturated heterocycles. The first kappa shape index (κ1) is 12.3. The maximum absolute atomic E-state index is 14.3. The first-order valence-electron chi connectivity index (χ1n) is 6.80. The van der Waals surface area contributed by atoms with Gasteiger partial charge in [-0.25, -0.2) is 8.78 Å². The first-order valence-corrected chi connectivity index (χ1v) is 6.80. The minimum absolute atomic E-state index is 0.347. The van der Waals surface area contributed by atoms with Gasteiger partial charge in [0.05, 0.1) is 0 Å². The molecule has 1 aliphatic carbocycles. The Kier molecular flexibility index (Phi) is 4.17. The Bertz CT molecular complexity index is 204. The van der Waals surface area contributed by atoms with Crippen LogP contribution in [0.15, 0.2) is 0 Å². The summed E-state index contributed by atoms with van der Waals surface area (Å²) in [6.45, 7) is 1.43. The maximum Gasteiger partial charge on any atom is 0.254 e. The van der Waals surface area contributed by atoms with Gasteiger partial charge in [-0.05, 0) is 32.2 Å². The van der Waals surface area contributed by atoms with Crippen LogP contribution in [0.25, 0.3) is 0 Å². The second-order valence-corrected chi connectivity index (χ2v) is 5.41. The predicted molar refractivity (Wildman–Crippen MR) is 61.7 cm³/mol. The van der Waals surface area contributed by atoms with E-state index in [0.717, 1.165) is 51.5 Å². The van der Waals surface area contributed by atoms with Gasteiger partial charge >= 0.3 is 0 Å². The van der Waals surface area contributed by atoms with Crippen molar-refractivity contribution in [2.75, 3.05) is 13.1 Å². The Morgan fingerprint density at radius 2 is 1.44 bits per heavy atom. The average molecular weight is 231 g/mol. The summed E-state index contributed by atoms with van der Waals surface area (Å²) in [5.41, 5.74) is 0. The third-order valence-corrected chi connectivity index (χ3v) is 4.24. The molecule has 16 heavy (non-hydrogen) atoms. The van der Waals surface area contributed by atoms with Crippen molar-refractivity contribution in [2.24, 2.45) is 11.8 Å². The van der Waals surface area contributed by atoms with E-state index in [0.29, 0.717) is 13.0 Å². The van der Waals surface area contributed by atoms with Crippen LogP contribution in [0.2, 0.25) is 0 Å². The molecule has 0 spiro atoms. The van der Waals surface area contributed by atoms with Gasteiger partial charge in [-0.1, -0.05) is 25.7 Å². The van der Waals surface area contributed by atoms with E-state index in [4.69, 9.17) is 0 Å². The summed E-state index contributed by atoms with van der Waals surface area (Å²) in [6, 6.07) is 0. The van der Waals surface area contributed by atoms with Gasteiger partial charge in [-0.3, -0.25) is 0 Å². The molecule has 1 saturated carbocycles. The van der Waals surface area contributed by atoms with Crippen LogP contribution in [-0.2, 0) is 0 Å². The highest BCUT2D eigenvalue weighted by Gasteiger charge is 2.46. The summed E-state index contributed by atoms with van der Waals surface area (Å²) in [5, 5.41) is 3.12. The van der Waals surface area contributed by atoms with E-state index in [-0.39, 0.29) is 5.92 Å².